The number of alkyl halides is 3. The zero-order chi connectivity index (χ0) is 20.1. The van der Waals surface area contributed by atoms with Crippen LogP contribution in [0.4, 0.5) is 13.2 Å². The molecule has 0 bridgehead atoms. The van der Waals surface area contributed by atoms with Crippen molar-refractivity contribution in [3.05, 3.63) is 35.4 Å². The molecule has 4 unspecified atom stereocenters. The van der Waals surface area contributed by atoms with E-state index in [1.165, 1.54) is 11.0 Å². The second kappa shape index (κ2) is 7.06. The summed E-state index contributed by atoms with van der Waals surface area (Å²) in [6, 6.07) is 5.13. The molecular formula is C20H24F3N3O2. The highest BCUT2D eigenvalue weighted by Crippen LogP contribution is 2.38. The quantitative estimate of drug-likeness (QED) is 0.854. The molecule has 0 aromatic heterocycles. The molecule has 8 heteroatoms. The first-order valence-electron chi connectivity index (χ1n) is 9.70. The van der Waals surface area contributed by atoms with Crippen molar-refractivity contribution in [2.75, 3.05) is 19.6 Å². The summed E-state index contributed by atoms with van der Waals surface area (Å²) in [5, 5.41) is 0. The number of nitrogens with zero attached hydrogens (tertiary/aromatic N) is 2. The Hall–Kier alpha value is -2.09. The van der Waals surface area contributed by atoms with Gasteiger partial charge in [0.05, 0.1) is 11.5 Å². The van der Waals surface area contributed by atoms with Gasteiger partial charge >= 0.3 is 6.18 Å². The van der Waals surface area contributed by atoms with Crippen molar-refractivity contribution >= 4 is 11.8 Å². The Morgan fingerprint density at radius 1 is 1.18 bits per heavy atom. The van der Waals surface area contributed by atoms with Gasteiger partial charge in [0.1, 0.15) is 0 Å². The standard InChI is InChI=1S/C20H24F3N3O2/c21-20(22,23)15-3-1-2-12(6-15)8-25-10-14(7-18(25)27)19(28)26-9-13-4-5-17(24)16(13)11-26/h1-3,6,13-14,16-17H,4-5,7-11,24H2. The minimum absolute atomic E-state index is 0.0264. The average molecular weight is 395 g/mol. The van der Waals surface area contributed by atoms with Crippen LogP contribution < -0.4 is 5.73 Å². The SMILES string of the molecule is NC1CCC2CN(C(=O)C3CC(=O)N(Cc4cccc(C(F)(F)F)c4)C3)CC12. The van der Waals surface area contributed by atoms with Crippen molar-refractivity contribution in [3.8, 4) is 0 Å². The molecule has 2 N–H and O–H groups in total. The van der Waals surface area contributed by atoms with Crippen LogP contribution in [0, 0.1) is 17.8 Å². The third kappa shape index (κ3) is 3.62. The van der Waals surface area contributed by atoms with Gasteiger partial charge in [0.15, 0.2) is 0 Å². The highest BCUT2D eigenvalue weighted by Gasteiger charge is 2.45. The molecule has 1 aromatic rings. The number of hydrogen-bond donors (Lipinski definition) is 1. The van der Waals surface area contributed by atoms with Gasteiger partial charge < -0.3 is 15.5 Å². The second-order valence-electron chi connectivity index (χ2n) is 8.28. The Labute approximate surface area is 161 Å². The van der Waals surface area contributed by atoms with Gasteiger partial charge in [-0.3, -0.25) is 9.59 Å². The van der Waals surface area contributed by atoms with Crippen LogP contribution in [0.5, 0.6) is 0 Å². The summed E-state index contributed by atoms with van der Waals surface area (Å²) in [7, 11) is 0. The van der Waals surface area contributed by atoms with Crippen molar-refractivity contribution in [1.29, 1.82) is 0 Å². The van der Waals surface area contributed by atoms with Gasteiger partial charge in [0, 0.05) is 38.6 Å². The summed E-state index contributed by atoms with van der Waals surface area (Å²) in [4.78, 5) is 28.5. The normalized spacial score (nSPS) is 30.2. The van der Waals surface area contributed by atoms with Crippen LogP contribution in [0.1, 0.15) is 30.4 Å². The molecule has 3 fully saturated rings. The van der Waals surface area contributed by atoms with Crippen LogP contribution in [-0.2, 0) is 22.3 Å². The lowest BCUT2D eigenvalue weighted by Gasteiger charge is -2.22. The fourth-order valence-electron chi connectivity index (χ4n) is 4.90. The van der Waals surface area contributed by atoms with Gasteiger partial charge in [0.2, 0.25) is 11.8 Å². The predicted molar refractivity (Wildman–Crippen MR) is 95.7 cm³/mol. The number of nitrogens with two attached hydrogens (primary N) is 1. The Kier molecular flexibility index (Phi) is 4.85. The number of amides is 2. The zero-order valence-electron chi connectivity index (χ0n) is 15.5. The van der Waals surface area contributed by atoms with Gasteiger partial charge in [-0.1, -0.05) is 12.1 Å². The van der Waals surface area contributed by atoms with Crippen molar-refractivity contribution < 1.29 is 22.8 Å². The van der Waals surface area contributed by atoms with E-state index in [9.17, 15) is 22.8 Å². The summed E-state index contributed by atoms with van der Waals surface area (Å²) < 4.78 is 38.7. The first-order chi connectivity index (χ1) is 13.2. The third-order valence-corrected chi connectivity index (χ3v) is 6.42. The first-order valence-corrected chi connectivity index (χ1v) is 9.70. The zero-order valence-corrected chi connectivity index (χ0v) is 15.5. The maximum absolute atomic E-state index is 12.9. The lowest BCUT2D eigenvalue weighted by Crippen LogP contribution is -2.38. The minimum atomic E-state index is -4.42. The van der Waals surface area contributed by atoms with Crippen LogP contribution in [0.3, 0.4) is 0 Å². The molecule has 4 rings (SSSR count). The maximum Gasteiger partial charge on any atom is 0.416 e. The number of halogens is 3. The number of benzene rings is 1. The number of hydrogen-bond acceptors (Lipinski definition) is 3. The van der Waals surface area contributed by atoms with Crippen molar-refractivity contribution in [2.24, 2.45) is 23.5 Å². The van der Waals surface area contributed by atoms with Crippen LogP contribution in [0.15, 0.2) is 24.3 Å². The summed E-state index contributed by atoms with van der Waals surface area (Å²) in [5.41, 5.74) is 5.81. The van der Waals surface area contributed by atoms with Crippen LogP contribution in [0.2, 0.25) is 0 Å². The van der Waals surface area contributed by atoms with Crippen molar-refractivity contribution in [1.82, 2.24) is 9.80 Å². The van der Waals surface area contributed by atoms with E-state index in [1.54, 1.807) is 6.07 Å². The van der Waals surface area contributed by atoms with Crippen molar-refractivity contribution in [2.45, 2.75) is 38.0 Å². The molecule has 0 radical (unpaired) electrons. The molecule has 2 amide bonds. The number of likely N-dealkylation sites (tertiary alicyclic amines) is 2. The van der Waals surface area contributed by atoms with Gasteiger partial charge in [-0.2, -0.15) is 13.2 Å². The Morgan fingerprint density at radius 3 is 2.68 bits per heavy atom. The molecule has 1 saturated carbocycles. The van der Waals surface area contributed by atoms with Crippen LogP contribution in [-0.4, -0.2) is 47.3 Å². The van der Waals surface area contributed by atoms with Crippen LogP contribution >= 0.6 is 0 Å². The first kappa shape index (κ1) is 19.2. The average Bonchev–Trinajstić information content (AvgIpc) is 3.31. The van der Waals surface area contributed by atoms with Gasteiger partial charge in [-0.15, -0.1) is 0 Å². The second-order valence-corrected chi connectivity index (χ2v) is 8.28. The topological polar surface area (TPSA) is 66.6 Å². The highest BCUT2D eigenvalue weighted by atomic mass is 19.4. The highest BCUT2D eigenvalue weighted by molar-refractivity contribution is 5.89. The van der Waals surface area contributed by atoms with Crippen LogP contribution in [0.25, 0.3) is 0 Å². The van der Waals surface area contributed by atoms with E-state index < -0.39 is 17.7 Å². The lowest BCUT2D eigenvalue weighted by atomic mass is 9.98. The minimum Gasteiger partial charge on any atom is -0.342 e. The van der Waals surface area contributed by atoms with Gasteiger partial charge in [-0.25, -0.2) is 0 Å². The molecule has 1 aliphatic carbocycles. The number of rotatable bonds is 3. The summed E-state index contributed by atoms with van der Waals surface area (Å²) >= 11 is 0. The Balaban J connectivity index is 1.39. The monoisotopic (exact) mass is 395 g/mol. The van der Waals surface area contributed by atoms with E-state index in [-0.39, 0.29) is 37.4 Å². The van der Waals surface area contributed by atoms with Gasteiger partial charge in [0.25, 0.3) is 0 Å². The van der Waals surface area contributed by atoms with Crippen molar-refractivity contribution in [3.63, 3.8) is 0 Å². The number of carbonyl (C=O) groups is 2. The van der Waals surface area contributed by atoms with E-state index in [0.29, 0.717) is 30.5 Å². The van der Waals surface area contributed by atoms with E-state index in [0.717, 1.165) is 25.0 Å². The smallest absolute Gasteiger partial charge is 0.342 e. The molecule has 1 aromatic carbocycles. The molecule has 2 aliphatic heterocycles. The van der Waals surface area contributed by atoms with E-state index in [2.05, 4.69) is 0 Å². The van der Waals surface area contributed by atoms with E-state index >= 15 is 0 Å². The summed E-state index contributed by atoms with van der Waals surface area (Å²) in [6.45, 7) is 1.70. The fraction of sp³-hybridized carbons (Fsp3) is 0.600. The summed E-state index contributed by atoms with van der Waals surface area (Å²) in [5.74, 6) is 0.168. The maximum atomic E-state index is 12.9. The molecule has 152 valence electrons. The van der Waals surface area contributed by atoms with Gasteiger partial charge in [-0.05, 0) is 42.4 Å². The molecule has 28 heavy (non-hydrogen) atoms. The lowest BCUT2D eigenvalue weighted by molar-refractivity contribution is -0.137. The Morgan fingerprint density at radius 2 is 1.96 bits per heavy atom. The van der Waals surface area contributed by atoms with E-state index in [4.69, 9.17) is 5.73 Å². The molecule has 2 heterocycles. The third-order valence-electron chi connectivity index (χ3n) is 6.42. The fourth-order valence-corrected chi connectivity index (χ4v) is 4.90. The molecule has 3 aliphatic rings. The predicted octanol–water partition coefficient (Wildman–Crippen LogP) is 2.25. The summed E-state index contributed by atoms with van der Waals surface area (Å²) in [6.07, 6.45) is -2.25. The largest absolute Gasteiger partial charge is 0.416 e. The molecule has 5 nitrogen and oxygen atoms in total. The molecule has 0 spiro atoms. The van der Waals surface area contributed by atoms with E-state index in [1.807, 2.05) is 4.90 Å². The Bertz CT molecular complexity index is 782. The molecular weight excluding hydrogens is 371 g/mol. The number of fused-ring (bicyclic) bond motifs is 1. The molecule has 2 saturated heterocycles. The number of carbonyl (C=O) groups excluding carboxylic acids is 2. The molecule has 4 atom stereocenters.